The quantitative estimate of drug-likeness (QED) is 0.425. The number of carbonyl (C=O) groups is 1. The van der Waals surface area contributed by atoms with Crippen LogP contribution >= 0.6 is 0 Å². The number of hydrogen-bond donors (Lipinski definition) is 2. The molecular formula is C27H25N3O4. The fourth-order valence-corrected chi connectivity index (χ4v) is 4.15. The highest BCUT2D eigenvalue weighted by Crippen LogP contribution is 2.39. The van der Waals surface area contributed by atoms with Gasteiger partial charge in [-0.25, -0.2) is 0 Å². The monoisotopic (exact) mass is 455 g/mol. The number of methoxy groups -OCH3 is 2. The standard InChI is InChI=1S/C27H25N3O4/c1-32-23-12-7-17(15-24(23)33-2)13-14-28-27(31)19-10-8-18(9-11-19)25-21-16-34-22-6-4-3-5-20(22)26(21)30-29-25/h3-12,15H,13-14,16H2,1-2H3,(H,28,31)(H,29,30). The molecule has 34 heavy (non-hydrogen) atoms. The van der Waals surface area contributed by atoms with Crippen molar-refractivity contribution < 1.29 is 19.0 Å². The molecule has 1 aliphatic heterocycles. The molecule has 0 radical (unpaired) electrons. The maximum absolute atomic E-state index is 12.6. The van der Waals surface area contributed by atoms with Crippen LogP contribution in [0.25, 0.3) is 22.5 Å². The molecule has 1 aliphatic rings. The summed E-state index contributed by atoms with van der Waals surface area (Å²) in [6.45, 7) is 0.969. The average molecular weight is 456 g/mol. The van der Waals surface area contributed by atoms with Gasteiger partial charge in [0.15, 0.2) is 11.5 Å². The number of aromatic amines is 1. The molecule has 0 fully saturated rings. The van der Waals surface area contributed by atoms with E-state index >= 15 is 0 Å². The summed E-state index contributed by atoms with van der Waals surface area (Å²) in [5, 5.41) is 10.7. The van der Waals surface area contributed by atoms with E-state index in [0.717, 1.165) is 39.4 Å². The van der Waals surface area contributed by atoms with Crippen molar-refractivity contribution in [3.8, 4) is 39.8 Å². The van der Waals surface area contributed by atoms with Gasteiger partial charge in [-0.3, -0.25) is 9.89 Å². The topological polar surface area (TPSA) is 85.5 Å². The third kappa shape index (κ3) is 4.08. The summed E-state index contributed by atoms with van der Waals surface area (Å²) in [7, 11) is 3.22. The van der Waals surface area contributed by atoms with Gasteiger partial charge in [0.25, 0.3) is 5.91 Å². The predicted octanol–water partition coefficient (Wildman–Crippen LogP) is 4.63. The Morgan fingerprint density at radius 1 is 1.03 bits per heavy atom. The smallest absolute Gasteiger partial charge is 0.251 e. The van der Waals surface area contributed by atoms with Crippen LogP contribution in [-0.4, -0.2) is 36.9 Å². The highest BCUT2D eigenvalue weighted by atomic mass is 16.5. The second-order valence-electron chi connectivity index (χ2n) is 7.98. The summed E-state index contributed by atoms with van der Waals surface area (Å²) >= 11 is 0. The van der Waals surface area contributed by atoms with Crippen molar-refractivity contribution in [2.24, 2.45) is 0 Å². The number of H-pyrrole nitrogens is 1. The van der Waals surface area contributed by atoms with E-state index < -0.39 is 0 Å². The largest absolute Gasteiger partial charge is 0.493 e. The molecule has 0 saturated heterocycles. The minimum Gasteiger partial charge on any atom is -0.493 e. The Morgan fingerprint density at radius 2 is 1.82 bits per heavy atom. The van der Waals surface area contributed by atoms with Crippen LogP contribution in [0.3, 0.4) is 0 Å². The third-order valence-electron chi connectivity index (χ3n) is 5.96. The molecule has 2 N–H and O–H groups in total. The maximum atomic E-state index is 12.6. The number of amides is 1. The molecule has 1 aromatic heterocycles. The normalized spacial score (nSPS) is 11.7. The molecule has 0 saturated carbocycles. The van der Waals surface area contributed by atoms with E-state index in [-0.39, 0.29) is 5.91 Å². The molecule has 7 heteroatoms. The van der Waals surface area contributed by atoms with Crippen LogP contribution < -0.4 is 19.5 Å². The van der Waals surface area contributed by atoms with Crippen LogP contribution in [0.5, 0.6) is 17.2 Å². The second-order valence-corrected chi connectivity index (χ2v) is 7.98. The number of fused-ring (bicyclic) bond motifs is 3. The Morgan fingerprint density at radius 3 is 2.62 bits per heavy atom. The zero-order chi connectivity index (χ0) is 23.5. The Hall–Kier alpha value is -4.26. The van der Waals surface area contributed by atoms with Gasteiger partial charge in [0.05, 0.1) is 25.6 Å². The third-order valence-corrected chi connectivity index (χ3v) is 5.96. The first-order chi connectivity index (χ1) is 16.7. The molecule has 0 unspecified atom stereocenters. The summed E-state index contributed by atoms with van der Waals surface area (Å²) in [4.78, 5) is 12.6. The van der Waals surface area contributed by atoms with E-state index in [1.165, 1.54) is 0 Å². The van der Waals surface area contributed by atoms with E-state index in [1.54, 1.807) is 14.2 Å². The van der Waals surface area contributed by atoms with E-state index in [4.69, 9.17) is 14.2 Å². The van der Waals surface area contributed by atoms with Crippen molar-refractivity contribution in [3.05, 3.63) is 83.4 Å². The number of nitrogens with one attached hydrogen (secondary N) is 2. The molecule has 1 amide bonds. The lowest BCUT2D eigenvalue weighted by molar-refractivity contribution is 0.0954. The van der Waals surface area contributed by atoms with Crippen LogP contribution in [-0.2, 0) is 13.0 Å². The highest BCUT2D eigenvalue weighted by Gasteiger charge is 2.23. The second kappa shape index (κ2) is 9.31. The molecule has 0 spiro atoms. The SMILES string of the molecule is COc1ccc(CCNC(=O)c2ccc(-c3n[nH]c4c3COc3ccccc3-4)cc2)cc1OC. The summed E-state index contributed by atoms with van der Waals surface area (Å²) in [5.41, 5.74) is 6.43. The van der Waals surface area contributed by atoms with Crippen LogP contribution in [0.4, 0.5) is 0 Å². The molecular weight excluding hydrogens is 430 g/mol. The van der Waals surface area contributed by atoms with Crippen molar-refractivity contribution in [3.63, 3.8) is 0 Å². The Bertz CT molecular complexity index is 1330. The minimum atomic E-state index is -0.117. The fraction of sp³-hybridized carbons (Fsp3) is 0.185. The lowest BCUT2D eigenvalue weighted by Crippen LogP contribution is -2.25. The number of carbonyl (C=O) groups excluding carboxylic acids is 1. The van der Waals surface area contributed by atoms with Gasteiger partial charge in [0.2, 0.25) is 0 Å². The van der Waals surface area contributed by atoms with Crippen LogP contribution in [0, 0.1) is 0 Å². The summed E-state index contributed by atoms with van der Waals surface area (Å²) in [5.74, 6) is 2.10. The van der Waals surface area contributed by atoms with E-state index in [2.05, 4.69) is 15.5 Å². The van der Waals surface area contributed by atoms with Gasteiger partial charge in [-0.1, -0.05) is 30.3 Å². The average Bonchev–Trinajstić information content (AvgIpc) is 3.33. The first kappa shape index (κ1) is 21.6. The Balaban J connectivity index is 1.24. The Labute approximate surface area is 197 Å². The summed E-state index contributed by atoms with van der Waals surface area (Å²) in [6, 6.07) is 21.1. The van der Waals surface area contributed by atoms with Crippen molar-refractivity contribution >= 4 is 5.91 Å². The van der Waals surface area contributed by atoms with E-state index in [9.17, 15) is 4.79 Å². The van der Waals surface area contributed by atoms with Crippen LogP contribution in [0.15, 0.2) is 66.7 Å². The van der Waals surface area contributed by atoms with E-state index in [1.807, 2.05) is 66.7 Å². The molecule has 0 bridgehead atoms. The van der Waals surface area contributed by atoms with Gasteiger partial charge in [-0.15, -0.1) is 0 Å². The lowest BCUT2D eigenvalue weighted by Gasteiger charge is -2.17. The fourth-order valence-electron chi connectivity index (χ4n) is 4.15. The zero-order valence-electron chi connectivity index (χ0n) is 19.1. The number of rotatable bonds is 7. The zero-order valence-corrected chi connectivity index (χ0v) is 19.1. The molecule has 0 atom stereocenters. The van der Waals surface area contributed by atoms with Crippen molar-refractivity contribution in [1.29, 1.82) is 0 Å². The maximum Gasteiger partial charge on any atom is 0.251 e. The first-order valence-electron chi connectivity index (χ1n) is 11.1. The molecule has 4 aromatic rings. The summed E-state index contributed by atoms with van der Waals surface area (Å²) in [6.07, 6.45) is 0.686. The molecule has 172 valence electrons. The van der Waals surface area contributed by atoms with Gasteiger partial charge in [-0.2, -0.15) is 5.10 Å². The van der Waals surface area contributed by atoms with Crippen LogP contribution in [0.2, 0.25) is 0 Å². The Kier molecular flexibility index (Phi) is 5.91. The molecule has 5 rings (SSSR count). The van der Waals surface area contributed by atoms with Crippen molar-refractivity contribution in [1.82, 2.24) is 15.5 Å². The molecule has 7 nitrogen and oxygen atoms in total. The van der Waals surface area contributed by atoms with E-state index in [0.29, 0.717) is 36.6 Å². The number of benzene rings is 3. The van der Waals surface area contributed by atoms with Crippen molar-refractivity contribution in [2.75, 3.05) is 20.8 Å². The summed E-state index contributed by atoms with van der Waals surface area (Å²) < 4.78 is 16.5. The van der Waals surface area contributed by atoms with Gasteiger partial charge in [-0.05, 0) is 48.4 Å². The molecule has 2 heterocycles. The van der Waals surface area contributed by atoms with Gasteiger partial charge < -0.3 is 19.5 Å². The highest BCUT2D eigenvalue weighted by molar-refractivity contribution is 5.94. The lowest BCUT2D eigenvalue weighted by atomic mass is 9.99. The number of ether oxygens (including phenoxy) is 3. The van der Waals surface area contributed by atoms with Gasteiger partial charge in [0.1, 0.15) is 12.4 Å². The number of para-hydroxylation sites is 1. The van der Waals surface area contributed by atoms with Crippen LogP contribution in [0.1, 0.15) is 21.5 Å². The number of aromatic nitrogens is 2. The molecule has 3 aromatic carbocycles. The first-order valence-corrected chi connectivity index (χ1v) is 11.1. The minimum absolute atomic E-state index is 0.117. The van der Waals surface area contributed by atoms with Gasteiger partial charge in [0, 0.05) is 28.8 Å². The van der Waals surface area contributed by atoms with Gasteiger partial charge >= 0.3 is 0 Å². The predicted molar refractivity (Wildman–Crippen MR) is 129 cm³/mol. The number of nitrogens with zero attached hydrogens (tertiary/aromatic N) is 1. The number of hydrogen-bond acceptors (Lipinski definition) is 5. The van der Waals surface area contributed by atoms with Crippen molar-refractivity contribution in [2.45, 2.75) is 13.0 Å². The molecule has 0 aliphatic carbocycles.